The predicted molar refractivity (Wildman–Crippen MR) is 73.1 cm³/mol. The molecule has 6 nitrogen and oxygen atoms in total. The lowest BCUT2D eigenvalue weighted by molar-refractivity contribution is -0.143. The van der Waals surface area contributed by atoms with Crippen molar-refractivity contribution in [1.29, 1.82) is 0 Å². The number of carboxylic acid groups (broad SMARTS) is 1. The van der Waals surface area contributed by atoms with Gasteiger partial charge in [-0.25, -0.2) is 0 Å². The van der Waals surface area contributed by atoms with Crippen LogP contribution in [0.1, 0.15) is 51.2 Å². The fraction of sp³-hybridized carbons (Fsp3) is 0.786. The maximum Gasteiger partial charge on any atom is 0.306 e. The van der Waals surface area contributed by atoms with Gasteiger partial charge in [-0.2, -0.15) is 4.98 Å². The molecule has 6 heteroatoms. The van der Waals surface area contributed by atoms with Gasteiger partial charge in [0, 0.05) is 12.5 Å². The molecule has 2 atom stereocenters. The molecule has 0 saturated heterocycles. The summed E-state index contributed by atoms with van der Waals surface area (Å²) in [7, 11) is 0. The summed E-state index contributed by atoms with van der Waals surface area (Å²) in [6.07, 6.45) is 4.25. The molecular formula is C14H23N3O3. The van der Waals surface area contributed by atoms with Gasteiger partial charge in [-0.05, 0) is 25.2 Å². The van der Waals surface area contributed by atoms with Crippen LogP contribution in [0.3, 0.4) is 0 Å². The number of hydrogen-bond donors (Lipinski definition) is 2. The van der Waals surface area contributed by atoms with Crippen LogP contribution in [0.15, 0.2) is 4.52 Å². The molecule has 1 aliphatic carbocycles. The number of carbonyl (C=O) groups is 1. The van der Waals surface area contributed by atoms with E-state index in [0.29, 0.717) is 24.8 Å². The molecule has 112 valence electrons. The Bertz CT molecular complexity index is 445. The molecule has 20 heavy (non-hydrogen) atoms. The maximum atomic E-state index is 11.0. The highest BCUT2D eigenvalue weighted by atomic mass is 16.5. The van der Waals surface area contributed by atoms with E-state index in [4.69, 9.17) is 9.63 Å². The van der Waals surface area contributed by atoms with E-state index in [0.717, 1.165) is 31.5 Å². The Morgan fingerprint density at radius 1 is 1.50 bits per heavy atom. The van der Waals surface area contributed by atoms with E-state index < -0.39 is 5.97 Å². The van der Waals surface area contributed by atoms with Crippen molar-refractivity contribution < 1.29 is 14.4 Å². The number of nitrogens with zero attached hydrogens (tertiary/aromatic N) is 2. The van der Waals surface area contributed by atoms with E-state index in [2.05, 4.69) is 29.3 Å². The van der Waals surface area contributed by atoms with E-state index in [9.17, 15) is 4.79 Å². The molecule has 1 heterocycles. The van der Waals surface area contributed by atoms with Crippen LogP contribution in [0.5, 0.6) is 0 Å². The molecule has 0 aliphatic heterocycles. The SMILES string of the molecule is CC(C)Cc1noc(CNC2CCCC(C(=O)O)C2)n1. The molecule has 2 N–H and O–H groups in total. The highest BCUT2D eigenvalue weighted by molar-refractivity contribution is 5.70. The third-order valence-corrected chi connectivity index (χ3v) is 3.67. The van der Waals surface area contributed by atoms with Crippen LogP contribution >= 0.6 is 0 Å². The molecular weight excluding hydrogens is 258 g/mol. The largest absolute Gasteiger partial charge is 0.481 e. The van der Waals surface area contributed by atoms with Gasteiger partial charge in [-0.15, -0.1) is 0 Å². The standard InChI is InChI=1S/C14H23N3O3/c1-9(2)6-12-16-13(20-17-12)8-15-11-5-3-4-10(7-11)14(18)19/h9-11,15H,3-8H2,1-2H3,(H,18,19). The van der Waals surface area contributed by atoms with Crippen LogP contribution in [0.4, 0.5) is 0 Å². The second kappa shape index (κ2) is 6.83. The molecule has 1 aromatic rings. The van der Waals surface area contributed by atoms with E-state index in [1.54, 1.807) is 0 Å². The fourth-order valence-electron chi connectivity index (χ4n) is 2.64. The van der Waals surface area contributed by atoms with E-state index in [-0.39, 0.29) is 12.0 Å². The van der Waals surface area contributed by atoms with Crippen molar-refractivity contribution in [2.75, 3.05) is 0 Å². The summed E-state index contributed by atoms with van der Waals surface area (Å²) in [5.74, 6) is 0.916. The first-order chi connectivity index (χ1) is 9.54. The summed E-state index contributed by atoms with van der Waals surface area (Å²) >= 11 is 0. The molecule has 2 rings (SSSR count). The maximum absolute atomic E-state index is 11.0. The number of aromatic nitrogens is 2. The predicted octanol–water partition coefficient (Wildman–Crippen LogP) is 2.00. The summed E-state index contributed by atoms with van der Waals surface area (Å²) in [6.45, 7) is 4.74. The number of hydrogen-bond acceptors (Lipinski definition) is 5. The van der Waals surface area contributed by atoms with Crippen LogP contribution in [0.25, 0.3) is 0 Å². The lowest BCUT2D eigenvalue weighted by Gasteiger charge is -2.26. The summed E-state index contributed by atoms with van der Waals surface area (Å²) < 4.78 is 5.19. The Balaban J connectivity index is 1.79. The van der Waals surface area contributed by atoms with Gasteiger partial charge in [-0.1, -0.05) is 25.4 Å². The molecule has 0 spiro atoms. The highest BCUT2D eigenvalue weighted by Crippen LogP contribution is 2.24. The zero-order chi connectivity index (χ0) is 14.5. The van der Waals surface area contributed by atoms with Gasteiger partial charge in [0.05, 0.1) is 12.5 Å². The Morgan fingerprint density at radius 3 is 3.00 bits per heavy atom. The molecule has 0 aromatic carbocycles. The van der Waals surface area contributed by atoms with Crippen molar-refractivity contribution >= 4 is 5.97 Å². The monoisotopic (exact) mass is 281 g/mol. The molecule has 1 fully saturated rings. The van der Waals surface area contributed by atoms with Gasteiger partial charge in [0.2, 0.25) is 5.89 Å². The third-order valence-electron chi connectivity index (χ3n) is 3.67. The minimum atomic E-state index is -0.687. The number of rotatable bonds is 6. The summed E-state index contributed by atoms with van der Waals surface area (Å²) in [4.78, 5) is 15.3. The van der Waals surface area contributed by atoms with Crippen LogP contribution in [-0.2, 0) is 17.8 Å². The lowest BCUT2D eigenvalue weighted by Crippen LogP contribution is -2.36. The Hall–Kier alpha value is -1.43. The smallest absolute Gasteiger partial charge is 0.306 e. The third kappa shape index (κ3) is 4.30. The van der Waals surface area contributed by atoms with Gasteiger partial charge in [-0.3, -0.25) is 4.79 Å². The fourth-order valence-corrected chi connectivity index (χ4v) is 2.64. The van der Waals surface area contributed by atoms with Crippen molar-refractivity contribution in [3.63, 3.8) is 0 Å². The number of nitrogens with one attached hydrogen (secondary N) is 1. The Morgan fingerprint density at radius 2 is 2.30 bits per heavy atom. The quantitative estimate of drug-likeness (QED) is 0.829. The van der Waals surface area contributed by atoms with E-state index in [1.807, 2.05) is 0 Å². The van der Waals surface area contributed by atoms with Gasteiger partial charge in [0.25, 0.3) is 0 Å². The van der Waals surface area contributed by atoms with Crippen LogP contribution < -0.4 is 5.32 Å². The topological polar surface area (TPSA) is 88.2 Å². The Labute approximate surface area is 118 Å². The van der Waals surface area contributed by atoms with Crippen molar-refractivity contribution in [3.8, 4) is 0 Å². The summed E-state index contributed by atoms with van der Waals surface area (Å²) in [6, 6.07) is 0.227. The minimum Gasteiger partial charge on any atom is -0.481 e. The van der Waals surface area contributed by atoms with E-state index >= 15 is 0 Å². The molecule has 2 unspecified atom stereocenters. The molecule has 0 bridgehead atoms. The molecule has 1 aliphatic rings. The van der Waals surface area contributed by atoms with Gasteiger partial charge >= 0.3 is 5.97 Å². The number of aliphatic carboxylic acids is 1. The average molecular weight is 281 g/mol. The van der Waals surface area contributed by atoms with Crippen molar-refractivity contribution in [1.82, 2.24) is 15.5 Å². The van der Waals surface area contributed by atoms with Crippen molar-refractivity contribution in [2.45, 2.75) is 58.5 Å². The second-order valence-electron chi connectivity index (χ2n) is 5.98. The van der Waals surface area contributed by atoms with Gasteiger partial charge in [0.15, 0.2) is 5.82 Å². The lowest BCUT2D eigenvalue weighted by atomic mass is 9.86. The normalized spacial score (nSPS) is 23.1. The average Bonchev–Trinajstić information content (AvgIpc) is 2.83. The first kappa shape index (κ1) is 15.0. The van der Waals surface area contributed by atoms with Gasteiger partial charge < -0.3 is 14.9 Å². The van der Waals surface area contributed by atoms with Gasteiger partial charge in [0.1, 0.15) is 0 Å². The molecule has 0 radical (unpaired) electrons. The van der Waals surface area contributed by atoms with Crippen molar-refractivity contribution in [2.24, 2.45) is 11.8 Å². The zero-order valence-corrected chi connectivity index (χ0v) is 12.1. The molecule has 1 saturated carbocycles. The summed E-state index contributed by atoms with van der Waals surface area (Å²) in [5.41, 5.74) is 0. The first-order valence-electron chi connectivity index (χ1n) is 7.32. The van der Waals surface area contributed by atoms with Crippen LogP contribution in [0, 0.1) is 11.8 Å². The molecule has 0 amide bonds. The number of carboxylic acids is 1. The van der Waals surface area contributed by atoms with E-state index in [1.165, 1.54) is 0 Å². The Kier molecular flexibility index (Phi) is 5.11. The first-order valence-corrected chi connectivity index (χ1v) is 7.32. The minimum absolute atomic E-state index is 0.222. The second-order valence-corrected chi connectivity index (χ2v) is 5.98. The zero-order valence-electron chi connectivity index (χ0n) is 12.1. The van der Waals surface area contributed by atoms with Crippen LogP contribution in [0.2, 0.25) is 0 Å². The summed E-state index contributed by atoms with van der Waals surface area (Å²) in [5, 5.41) is 16.3. The molecule has 1 aromatic heterocycles. The highest BCUT2D eigenvalue weighted by Gasteiger charge is 2.26. The van der Waals surface area contributed by atoms with Crippen molar-refractivity contribution in [3.05, 3.63) is 11.7 Å². The van der Waals surface area contributed by atoms with Crippen LogP contribution in [-0.4, -0.2) is 27.3 Å².